The van der Waals surface area contributed by atoms with Gasteiger partial charge in [0.15, 0.2) is 0 Å². The Labute approximate surface area is 105 Å². The fraction of sp³-hybridized carbons (Fsp3) is 0.500. The number of halogens is 3. The first-order chi connectivity index (χ1) is 7.66. The van der Waals surface area contributed by atoms with Gasteiger partial charge in [0.25, 0.3) is 0 Å². The van der Waals surface area contributed by atoms with Crippen LogP contribution in [0.4, 0.5) is 4.39 Å². The minimum Gasteiger partial charge on any atom is -0.314 e. The molecule has 0 spiro atoms. The Morgan fingerprint density at radius 1 is 1.31 bits per heavy atom. The zero-order valence-electron chi connectivity index (χ0n) is 8.90. The van der Waals surface area contributed by atoms with Gasteiger partial charge in [-0.1, -0.05) is 23.2 Å². The first-order valence-corrected chi connectivity index (χ1v) is 6.29. The van der Waals surface area contributed by atoms with Gasteiger partial charge in [0, 0.05) is 11.1 Å². The second kappa shape index (κ2) is 5.35. The molecule has 1 aromatic carbocycles. The minimum absolute atomic E-state index is 0.0905. The van der Waals surface area contributed by atoms with Crippen LogP contribution < -0.4 is 5.32 Å². The van der Waals surface area contributed by atoms with E-state index in [9.17, 15) is 4.39 Å². The van der Waals surface area contributed by atoms with Crippen LogP contribution in [0.15, 0.2) is 12.1 Å². The summed E-state index contributed by atoms with van der Waals surface area (Å²) in [6, 6.07) is 3.48. The van der Waals surface area contributed by atoms with Crippen molar-refractivity contribution in [3.8, 4) is 0 Å². The third-order valence-corrected chi connectivity index (χ3v) is 3.66. The van der Waals surface area contributed by atoms with E-state index in [1.807, 2.05) is 0 Å². The quantitative estimate of drug-likeness (QED) is 0.816. The molecule has 1 heterocycles. The number of hydrogen-bond donors (Lipinski definition) is 1. The van der Waals surface area contributed by atoms with E-state index in [2.05, 4.69) is 5.32 Å². The van der Waals surface area contributed by atoms with Gasteiger partial charge in [-0.05, 0) is 49.9 Å². The van der Waals surface area contributed by atoms with Crippen molar-refractivity contribution >= 4 is 23.2 Å². The molecule has 0 aromatic heterocycles. The van der Waals surface area contributed by atoms with Gasteiger partial charge in [-0.15, -0.1) is 0 Å². The molecular weight excluding hydrogens is 248 g/mol. The summed E-state index contributed by atoms with van der Waals surface area (Å²) in [7, 11) is 0. The van der Waals surface area contributed by atoms with E-state index < -0.39 is 0 Å². The molecule has 1 N–H and O–H groups in total. The topological polar surface area (TPSA) is 12.0 Å². The van der Waals surface area contributed by atoms with Gasteiger partial charge in [-0.2, -0.15) is 0 Å². The Hall–Kier alpha value is -0.310. The molecule has 0 radical (unpaired) electrons. The average molecular weight is 262 g/mol. The molecule has 2 rings (SSSR count). The molecule has 1 fully saturated rings. The van der Waals surface area contributed by atoms with Crippen LogP contribution in [0.3, 0.4) is 0 Å². The molecule has 1 aromatic rings. The van der Waals surface area contributed by atoms with Crippen molar-refractivity contribution in [3.63, 3.8) is 0 Å². The summed E-state index contributed by atoms with van der Waals surface area (Å²) in [5, 5.41) is 4.06. The lowest BCUT2D eigenvalue weighted by molar-refractivity contribution is 0.557. The molecule has 4 heteroatoms. The van der Waals surface area contributed by atoms with Gasteiger partial charge in [0.1, 0.15) is 5.82 Å². The van der Waals surface area contributed by atoms with E-state index in [4.69, 9.17) is 23.2 Å². The predicted octanol–water partition coefficient (Wildman–Crippen LogP) is 3.82. The van der Waals surface area contributed by atoms with E-state index in [1.54, 1.807) is 0 Å². The maximum atomic E-state index is 13.3. The Balaban J connectivity index is 2.00. The van der Waals surface area contributed by atoms with Gasteiger partial charge in [0.2, 0.25) is 0 Å². The second-order valence-corrected chi connectivity index (χ2v) is 5.00. The van der Waals surface area contributed by atoms with Crippen LogP contribution in [0, 0.1) is 5.82 Å². The number of benzene rings is 1. The van der Waals surface area contributed by atoms with E-state index in [-0.39, 0.29) is 10.8 Å². The number of aryl methyl sites for hydroxylation is 1. The lowest BCUT2D eigenvalue weighted by Crippen LogP contribution is -2.21. The van der Waals surface area contributed by atoms with Gasteiger partial charge in [-0.25, -0.2) is 4.39 Å². The van der Waals surface area contributed by atoms with Crippen LogP contribution in [-0.2, 0) is 6.42 Å². The Morgan fingerprint density at radius 2 is 2.12 bits per heavy atom. The van der Waals surface area contributed by atoms with Gasteiger partial charge >= 0.3 is 0 Å². The highest BCUT2D eigenvalue weighted by Gasteiger charge is 2.15. The number of hydrogen-bond acceptors (Lipinski definition) is 1. The summed E-state index contributed by atoms with van der Waals surface area (Å²) < 4.78 is 13.3. The van der Waals surface area contributed by atoms with Crippen molar-refractivity contribution in [1.82, 2.24) is 5.32 Å². The zero-order chi connectivity index (χ0) is 11.5. The highest BCUT2D eigenvalue weighted by Crippen LogP contribution is 2.26. The molecular formula is C12H14Cl2FN. The van der Waals surface area contributed by atoms with Crippen molar-refractivity contribution in [1.29, 1.82) is 0 Å². The molecule has 1 aliphatic rings. The van der Waals surface area contributed by atoms with E-state index in [0.29, 0.717) is 11.1 Å². The van der Waals surface area contributed by atoms with Crippen molar-refractivity contribution in [3.05, 3.63) is 33.6 Å². The SMILES string of the molecule is Fc1cc(CCC2CCCN2)c(Cl)cc1Cl. The first-order valence-electron chi connectivity index (χ1n) is 5.53. The monoisotopic (exact) mass is 261 g/mol. The standard InChI is InChI=1S/C12H14Cl2FN/c13-10-7-11(14)12(15)6-8(10)3-4-9-2-1-5-16-9/h6-7,9,16H,1-5H2. The maximum absolute atomic E-state index is 13.3. The molecule has 0 bridgehead atoms. The van der Waals surface area contributed by atoms with Crippen LogP contribution in [0.1, 0.15) is 24.8 Å². The van der Waals surface area contributed by atoms with Crippen molar-refractivity contribution in [2.45, 2.75) is 31.7 Å². The minimum atomic E-state index is -0.388. The second-order valence-electron chi connectivity index (χ2n) is 4.19. The van der Waals surface area contributed by atoms with Crippen molar-refractivity contribution < 1.29 is 4.39 Å². The molecule has 1 nitrogen and oxygen atoms in total. The number of rotatable bonds is 3. The van der Waals surface area contributed by atoms with E-state index in [0.717, 1.165) is 24.9 Å². The van der Waals surface area contributed by atoms with Crippen LogP contribution in [0.25, 0.3) is 0 Å². The molecule has 0 saturated carbocycles. The highest BCUT2D eigenvalue weighted by atomic mass is 35.5. The third kappa shape index (κ3) is 2.88. The highest BCUT2D eigenvalue weighted by molar-refractivity contribution is 6.35. The fourth-order valence-electron chi connectivity index (χ4n) is 2.09. The molecule has 0 aliphatic carbocycles. The van der Waals surface area contributed by atoms with E-state index >= 15 is 0 Å². The number of nitrogens with one attached hydrogen (secondary N) is 1. The summed E-state index contributed by atoms with van der Waals surface area (Å²) in [5.41, 5.74) is 0.845. The fourth-order valence-corrected chi connectivity index (χ4v) is 2.57. The molecule has 1 unspecified atom stereocenters. The summed E-state index contributed by atoms with van der Waals surface area (Å²) in [6.45, 7) is 1.09. The lowest BCUT2D eigenvalue weighted by atomic mass is 10.0. The predicted molar refractivity (Wildman–Crippen MR) is 65.8 cm³/mol. The van der Waals surface area contributed by atoms with Crippen LogP contribution in [0.2, 0.25) is 10.0 Å². The van der Waals surface area contributed by atoms with Crippen LogP contribution in [-0.4, -0.2) is 12.6 Å². The first kappa shape index (κ1) is 12.2. The van der Waals surface area contributed by atoms with Crippen molar-refractivity contribution in [2.75, 3.05) is 6.54 Å². The zero-order valence-corrected chi connectivity index (χ0v) is 10.4. The average Bonchev–Trinajstić information content (AvgIpc) is 2.74. The van der Waals surface area contributed by atoms with Gasteiger partial charge < -0.3 is 5.32 Å². The lowest BCUT2D eigenvalue weighted by Gasteiger charge is -2.11. The normalized spacial score (nSPS) is 20.3. The maximum Gasteiger partial charge on any atom is 0.142 e. The van der Waals surface area contributed by atoms with Crippen molar-refractivity contribution in [2.24, 2.45) is 0 Å². The summed E-state index contributed by atoms with van der Waals surface area (Å²) in [5.74, 6) is -0.388. The Bertz CT molecular complexity index is 376. The largest absolute Gasteiger partial charge is 0.314 e. The van der Waals surface area contributed by atoms with Crippen LogP contribution in [0.5, 0.6) is 0 Å². The summed E-state index contributed by atoms with van der Waals surface area (Å²) in [4.78, 5) is 0. The Kier molecular flexibility index (Phi) is 4.06. The van der Waals surface area contributed by atoms with Gasteiger partial charge in [-0.3, -0.25) is 0 Å². The molecule has 1 aliphatic heterocycles. The molecule has 88 valence electrons. The Morgan fingerprint density at radius 3 is 2.81 bits per heavy atom. The summed E-state index contributed by atoms with van der Waals surface area (Å²) in [6.07, 6.45) is 4.23. The molecule has 1 saturated heterocycles. The summed E-state index contributed by atoms with van der Waals surface area (Å²) >= 11 is 11.7. The third-order valence-electron chi connectivity index (χ3n) is 3.01. The van der Waals surface area contributed by atoms with Crippen LogP contribution >= 0.6 is 23.2 Å². The smallest absolute Gasteiger partial charge is 0.142 e. The van der Waals surface area contributed by atoms with E-state index in [1.165, 1.54) is 25.0 Å². The van der Waals surface area contributed by atoms with Gasteiger partial charge in [0.05, 0.1) is 5.02 Å². The molecule has 1 atom stereocenters. The molecule has 0 amide bonds. The molecule has 16 heavy (non-hydrogen) atoms.